The lowest BCUT2D eigenvalue weighted by Crippen LogP contribution is -2.13. The first-order chi connectivity index (χ1) is 11.5. The molecule has 0 atom stereocenters. The van der Waals surface area contributed by atoms with Gasteiger partial charge in [-0.25, -0.2) is 0 Å². The average molecular weight is 319 g/mol. The van der Waals surface area contributed by atoms with Crippen molar-refractivity contribution in [2.45, 2.75) is 13.8 Å². The summed E-state index contributed by atoms with van der Waals surface area (Å²) in [5, 5.41) is 14.5. The molecule has 3 aromatic rings. The highest BCUT2D eigenvalue weighted by Crippen LogP contribution is 2.31. The molecule has 0 radical (unpaired) electrons. The molecule has 1 amide bonds. The van der Waals surface area contributed by atoms with Crippen molar-refractivity contribution >= 4 is 28.7 Å². The highest BCUT2D eigenvalue weighted by Gasteiger charge is 2.18. The van der Waals surface area contributed by atoms with Gasteiger partial charge in [0.25, 0.3) is 5.91 Å². The fourth-order valence-corrected chi connectivity index (χ4v) is 2.80. The Morgan fingerprint density at radius 2 is 1.83 bits per heavy atom. The lowest BCUT2D eigenvalue weighted by Gasteiger charge is -2.12. The number of phenols is 1. The Morgan fingerprint density at radius 3 is 2.54 bits per heavy atom. The first-order valence-electron chi connectivity index (χ1n) is 7.59. The van der Waals surface area contributed by atoms with Crippen molar-refractivity contribution < 1.29 is 14.7 Å². The van der Waals surface area contributed by atoms with Gasteiger partial charge in [-0.1, -0.05) is 42.0 Å². The molecular formula is C20H17NO3. The Bertz CT molecular complexity index is 961. The van der Waals surface area contributed by atoms with Crippen LogP contribution in [0.3, 0.4) is 0 Å². The maximum atomic E-state index is 12.6. The number of aldehydes is 1. The number of benzene rings is 3. The van der Waals surface area contributed by atoms with Crippen LogP contribution in [0.25, 0.3) is 10.8 Å². The van der Waals surface area contributed by atoms with E-state index >= 15 is 0 Å². The zero-order valence-electron chi connectivity index (χ0n) is 13.5. The number of hydrogen-bond donors (Lipinski definition) is 2. The van der Waals surface area contributed by atoms with Gasteiger partial charge in [-0.2, -0.15) is 0 Å². The summed E-state index contributed by atoms with van der Waals surface area (Å²) in [6.45, 7) is 3.88. The topological polar surface area (TPSA) is 66.4 Å². The summed E-state index contributed by atoms with van der Waals surface area (Å²) in [7, 11) is 0. The van der Waals surface area contributed by atoms with Crippen LogP contribution in [0.4, 0.5) is 5.69 Å². The van der Waals surface area contributed by atoms with Gasteiger partial charge in [-0.15, -0.1) is 0 Å². The van der Waals surface area contributed by atoms with E-state index in [9.17, 15) is 14.7 Å². The Kier molecular flexibility index (Phi) is 4.04. The van der Waals surface area contributed by atoms with Gasteiger partial charge in [0.05, 0.1) is 11.1 Å². The van der Waals surface area contributed by atoms with E-state index in [2.05, 4.69) is 5.32 Å². The molecule has 0 spiro atoms. The number of fused-ring (bicyclic) bond motifs is 1. The van der Waals surface area contributed by atoms with E-state index in [4.69, 9.17) is 0 Å². The predicted molar refractivity (Wildman–Crippen MR) is 94.9 cm³/mol. The number of hydrogen-bond acceptors (Lipinski definition) is 3. The molecular weight excluding hydrogens is 302 g/mol. The number of amides is 1. The molecule has 0 aliphatic rings. The summed E-state index contributed by atoms with van der Waals surface area (Å²) in [5.74, 6) is -0.751. The van der Waals surface area contributed by atoms with Crippen LogP contribution in [-0.2, 0) is 0 Å². The molecule has 0 heterocycles. The molecule has 24 heavy (non-hydrogen) atoms. The number of aromatic hydroxyl groups is 1. The minimum atomic E-state index is -0.451. The summed E-state index contributed by atoms with van der Waals surface area (Å²) >= 11 is 0. The van der Waals surface area contributed by atoms with E-state index in [1.165, 1.54) is 0 Å². The van der Waals surface area contributed by atoms with Gasteiger partial charge in [0.1, 0.15) is 5.75 Å². The first-order valence-corrected chi connectivity index (χ1v) is 7.59. The van der Waals surface area contributed by atoms with E-state index in [0.29, 0.717) is 17.4 Å². The number of phenolic OH excluding ortho intramolecular Hbond substituents is 1. The molecule has 4 heteroatoms. The van der Waals surface area contributed by atoms with E-state index in [-0.39, 0.29) is 16.9 Å². The summed E-state index contributed by atoms with van der Waals surface area (Å²) in [4.78, 5) is 24.0. The van der Waals surface area contributed by atoms with Gasteiger partial charge >= 0.3 is 0 Å². The van der Waals surface area contributed by atoms with Gasteiger partial charge in [0.15, 0.2) is 6.29 Å². The third-order valence-corrected chi connectivity index (χ3v) is 4.05. The fraction of sp³-hybridized carbons (Fsp3) is 0.100. The Balaban J connectivity index is 2.06. The summed E-state index contributed by atoms with van der Waals surface area (Å²) in [6.07, 6.45) is 0.575. The molecule has 0 unspecified atom stereocenters. The minimum Gasteiger partial charge on any atom is -0.506 e. The van der Waals surface area contributed by atoms with Gasteiger partial charge in [0.2, 0.25) is 0 Å². The molecule has 0 aromatic heterocycles. The monoisotopic (exact) mass is 319 g/mol. The van der Waals surface area contributed by atoms with Crippen molar-refractivity contribution in [2.24, 2.45) is 0 Å². The van der Waals surface area contributed by atoms with E-state index in [1.807, 2.05) is 38.1 Å². The lowest BCUT2D eigenvalue weighted by atomic mass is 9.99. The lowest BCUT2D eigenvalue weighted by molar-refractivity contribution is 0.102. The van der Waals surface area contributed by atoms with Crippen LogP contribution in [0.1, 0.15) is 31.8 Å². The zero-order chi connectivity index (χ0) is 17.3. The number of nitrogens with one attached hydrogen (secondary N) is 1. The standard InChI is InChI=1S/C20H17NO3/c1-12-7-8-18(13(2)9-12)21-20(24)16-10-14-5-3-4-6-15(14)17(11-22)19(16)23/h3-11,23H,1-2H3,(H,21,24). The molecule has 0 aliphatic carbocycles. The van der Waals surface area contributed by atoms with Crippen molar-refractivity contribution in [2.75, 3.05) is 5.32 Å². The predicted octanol–water partition coefficient (Wildman–Crippen LogP) is 4.23. The number of anilines is 1. The summed E-state index contributed by atoms with van der Waals surface area (Å²) in [6, 6.07) is 14.4. The van der Waals surface area contributed by atoms with Crippen LogP contribution in [0.15, 0.2) is 48.5 Å². The molecule has 120 valence electrons. The van der Waals surface area contributed by atoms with Crippen LogP contribution in [-0.4, -0.2) is 17.3 Å². The third kappa shape index (κ3) is 2.74. The first kappa shape index (κ1) is 15.7. The van der Waals surface area contributed by atoms with E-state index < -0.39 is 5.91 Å². The van der Waals surface area contributed by atoms with Gasteiger partial charge in [0, 0.05) is 5.69 Å². The molecule has 0 fully saturated rings. The third-order valence-electron chi connectivity index (χ3n) is 4.05. The van der Waals surface area contributed by atoms with Crippen molar-refractivity contribution in [3.63, 3.8) is 0 Å². The van der Waals surface area contributed by atoms with Gasteiger partial charge < -0.3 is 10.4 Å². The Labute approximate surface area is 139 Å². The quantitative estimate of drug-likeness (QED) is 0.710. The molecule has 3 rings (SSSR count). The van der Waals surface area contributed by atoms with Crippen LogP contribution >= 0.6 is 0 Å². The molecule has 0 aliphatic heterocycles. The highest BCUT2D eigenvalue weighted by molar-refractivity contribution is 6.12. The SMILES string of the molecule is Cc1ccc(NC(=O)c2cc3ccccc3c(C=O)c2O)c(C)c1. The van der Waals surface area contributed by atoms with E-state index in [1.54, 1.807) is 24.3 Å². The molecule has 3 aromatic carbocycles. The largest absolute Gasteiger partial charge is 0.506 e. The van der Waals surface area contributed by atoms with Crippen LogP contribution in [0, 0.1) is 13.8 Å². The molecule has 0 saturated heterocycles. The van der Waals surface area contributed by atoms with Crippen molar-refractivity contribution in [3.8, 4) is 5.75 Å². The molecule has 0 saturated carbocycles. The number of aryl methyl sites for hydroxylation is 2. The second kappa shape index (κ2) is 6.16. The Hall–Kier alpha value is -3.14. The van der Waals surface area contributed by atoms with E-state index in [0.717, 1.165) is 16.5 Å². The zero-order valence-corrected chi connectivity index (χ0v) is 13.5. The van der Waals surface area contributed by atoms with Crippen LogP contribution in [0.5, 0.6) is 5.75 Å². The van der Waals surface area contributed by atoms with Crippen molar-refractivity contribution in [1.82, 2.24) is 0 Å². The minimum absolute atomic E-state index is 0.0794. The number of rotatable bonds is 3. The normalized spacial score (nSPS) is 10.6. The smallest absolute Gasteiger partial charge is 0.259 e. The maximum Gasteiger partial charge on any atom is 0.259 e. The summed E-state index contributed by atoms with van der Waals surface area (Å²) < 4.78 is 0. The maximum absolute atomic E-state index is 12.6. The van der Waals surface area contributed by atoms with Crippen LogP contribution in [0.2, 0.25) is 0 Å². The number of carbonyl (C=O) groups excluding carboxylic acids is 2. The Morgan fingerprint density at radius 1 is 1.08 bits per heavy atom. The van der Waals surface area contributed by atoms with Crippen LogP contribution < -0.4 is 5.32 Å². The van der Waals surface area contributed by atoms with Gasteiger partial charge in [-0.05, 0) is 42.3 Å². The average Bonchev–Trinajstić information content (AvgIpc) is 2.57. The highest BCUT2D eigenvalue weighted by atomic mass is 16.3. The molecule has 0 bridgehead atoms. The van der Waals surface area contributed by atoms with Crippen molar-refractivity contribution in [1.29, 1.82) is 0 Å². The molecule has 2 N–H and O–H groups in total. The molecule has 4 nitrogen and oxygen atoms in total. The second-order valence-electron chi connectivity index (χ2n) is 5.80. The number of carbonyl (C=O) groups is 2. The fourth-order valence-electron chi connectivity index (χ4n) is 2.80. The van der Waals surface area contributed by atoms with Gasteiger partial charge in [-0.3, -0.25) is 9.59 Å². The second-order valence-corrected chi connectivity index (χ2v) is 5.80. The summed E-state index contributed by atoms with van der Waals surface area (Å²) in [5.41, 5.74) is 2.90. The van der Waals surface area contributed by atoms with Crippen molar-refractivity contribution in [3.05, 3.63) is 70.8 Å².